The molecule has 0 aliphatic rings. The van der Waals surface area contributed by atoms with Crippen molar-refractivity contribution in [1.82, 2.24) is 9.78 Å². The molecule has 0 aliphatic heterocycles. The zero-order valence-electron chi connectivity index (χ0n) is 13.0. The number of carboxylic acid groups (broad SMARTS) is 1. The Labute approximate surface area is 135 Å². The first-order chi connectivity index (χ1) is 8.95. The van der Waals surface area contributed by atoms with Crippen molar-refractivity contribution in [2.45, 2.75) is 59.0 Å². The number of nitrogens with zero attached hydrogens (tertiary/aromatic N) is 2. The second-order valence-corrected chi connectivity index (χ2v) is 12.3. The smallest absolute Gasteiger partial charge is 0.325 e. The molecule has 1 aromatic rings. The van der Waals surface area contributed by atoms with E-state index in [2.05, 4.69) is 61.6 Å². The first-order valence-corrected chi connectivity index (χ1v) is 10.5. The van der Waals surface area contributed by atoms with Gasteiger partial charge in [0.15, 0.2) is 8.32 Å². The van der Waals surface area contributed by atoms with Gasteiger partial charge in [-0.1, -0.05) is 20.8 Å². The molecule has 1 rings (SSSR count). The Kier molecular flexibility index (Phi) is 5.42. The van der Waals surface area contributed by atoms with E-state index in [0.29, 0.717) is 6.61 Å². The fourth-order valence-electron chi connectivity index (χ4n) is 1.47. The number of aryl methyl sites for hydroxylation is 1. The molecule has 0 saturated heterocycles. The number of carboxylic acids is 1. The highest BCUT2D eigenvalue weighted by Crippen LogP contribution is 2.37. The van der Waals surface area contributed by atoms with Crippen LogP contribution in [0.25, 0.3) is 0 Å². The molecule has 1 N–H and O–H groups in total. The summed E-state index contributed by atoms with van der Waals surface area (Å²) in [5.74, 6) is -0.891. The Balaban J connectivity index is 2.95. The summed E-state index contributed by atoms with van der Waals surface area (Å²) in [6.07, 6.45) is 0. The predicted molar refractivity (Wildman–Crippen MR) is 89.3 cm³/mol. The van der Waals surface area contributed by atoms with E-state index in [1.54, 1.807) is 0 Å². The standard InChI is InChI=1S/C13H23IN2O3Si/c1-9-12(14)10(16(15-9)7-11(17)18)8-19-20(5,6)13(2,3)4/h7-8H2,1-6H3,(H,17,18). The lowest BCUT2D eigenvalue weighted by molar-refractivity contribution is -0.137. The summed E-state index contributed by atoms with van der Waals surface area (Å²) in [6.45, 7) is 13.1. The van der Waals surface area contributed by atoms with Gasteiger partial charge in [0.25, 0.3) is 0 Å². The number of halogens is 1. The topological polar surface area (TPSA) is 64.4 Å². The van der Waals surface area contributed by atoms with Gasteiger partial charge in [0.2, 0.25) is 0 Å². The minimum atomic E-state index is -1.86. The van der Waals surface area contributed by atoms with Gasteiger partial charge in [-0.25, -0.2) is 0 Å². The molecule has 0 saturated carbocycles. The molecule has 0 unspecified atom stereocenters. The molecule has 0 atom stereocenters. The first kappa shape index (κ1) is 17.6. The van der Waals surface area contributed by atoms with Crippen LogP contribution in [-0.2, 0) is 22.4 Å². The molecule has 0 amide bonds. The lowest BCUT2D eigenvalue weighted by atomic mass is 10.2. The lowest BCUT2D eigenvalue weighted by Gasteiger charge is -2.36. The molecule has 1 heterocycles. The molecule has 1 aromatic heterocycles. The zero-order chi connectivity index (χ0) is 15.7. The summed E-state index contributed by atoms with van der Waals surface area (Å²) in [4.78, 5) is 10.9. The van der Waals surface area contributed by atoms with Crippen molar-refractivity contribution in [3.8, 4) is 0 Å². The van der Waals surface area contributed by atoms with Crippen LogP contribution < -0.4 is 0 Å². The Bertz CT molecular complexity index is 506. The van der Waals surface area contributed by atoms with E-state index in [0.717, 1.165) is 15.0 Å². The molecule has 0 bridgehead atoms. The highest BCUT2D eigenvalue weighted by Gasteiger charge is 2.37. The van der Waals surface area contributed by atoms with E-state index in [-0.39, 0.29) is 11.6 Å². The van der Waals surface area contributed by atoms with Gasteiger partial charge in [0.05, 0.1) is 21.6 Å². The van der Waals surface area contributed by atoms with Crippen molar-refractivity contribution in [2.24, 2.45) is 0 Å². The molecular weight excluding hydrogens is 387 g/mol. The summed E-state index contributed by atoms with van der Waals surface area (Å²) < 4.78 is 8.70. The number of rotatable bonds is 5. The summed E-state index contributed by atoms with van der Waals surface area (Å²) in [6, 6.07) is 0. The van der Waals surface area contributed by atoms with Gasteiger partial charge >= 0.3 is 5.97 Å². The van der Waals surface area contributed by atoms with Gasteiger partial charge in [0, 0.05) is 0 Å². The number of carbonyl (C=O) groups is 1. The van der Waals surface area contributed by atoms with Crippen molar-refractivity contribution in [3.63, 3.8) is 0 Å². The second kappa shape index (κ2) is 6.14. The number of hydrogen-bond acceptors (Lipinski definition) is 3. The molecule has 114 valence electrons. The maximum atomic E-state index is 10.9. The summed E-state index contributed by atoms with van der Waals surface area (Å²) in [7, 11) is -1.86. The van der Waals surface area contributed by atoms with Crippen molar-refractivity contribution < 1.29 is 14.3 Å². The van der Waals surface area contributed by atoms with E-state index >= 15 is 0 Å². The Morgan fingerprint density at radius 2 is 2.00 bits per heavy atom. The van der Waals surface area contributed by atoms with Crippen molar-refractivity contribution >= 4 is 36.9 Å². The maximum Gasteiger partial charge on any atom is 0.325 e. The maximum absolute atomic E-state index is 10.9. The van der Waals surface area contributed by atoms with Gasteiger partial charge in [-0.3, -0.25) is 9.48 Å². The monoisotopic (exact) mass is 410 g/mol. The van der Waals surface area contributed by atoms with Crippen LogP contribution >= 0.6 is 22.6 Å². The Morgan fingerprint density at radius 3 is 2.45 bits per heavy atom. The molecule has 0 fully saturated rings. The lowest BCUT2D eigenvalue weighted by Crippen LogP contribution is -2.40. The van der Waals surface area contributed by atoms with E-state index in [9.17, 15) is 4.79 Å². The fourth-order valence-corrected chi connectivity index (χ4v) is 2.94. The van der Waals surface area contributed by atoms with E-state index < -0.39 is 14.3 Å². The Hall–Kier alpha value is -0.413. The summed E-state index contributed by atoms with van der Waals surface area (Å²) in [5.41, 5.74) is 1.70. The van der Waals surface area contributed by atoms with Crippen LogP contribution in [0.3, 0.4) is 0 Å². The molecule has 7 heteroatoms. The number of hydrogen-bond donors (Lipinski definition) is 1. The minimum absolute atomic E-state index is 0.125. The molecule has 0 radical (unpaired) electrons. The SMILES string of the molecule is Cc1nn(CC(=O)O)c(CO[Si](C)(C)C(C)(C)C)c1I. The van der Waals surface area contributed by atoms with Gasteiger partial charge in [-0.15, -0.1) is 0 Å². The van der Waals surface area contributed by atoms with Crippen LogP contribution in [0.15, 0.2) is 0 Å². The molecule has 20 heavy (non-hydrogen) atoms. The van der Waals surface area contributed by atoms with Crippen molar-refractivity contribution in [2.75, 3.05) is 0 Å². The first-order valence-electron chi connectivity index (χ1n) is 6.53. The van der Waals surface area contributed by atoms with Crippen molar-refractivity contribution in [3.05, 3.63) is 15.0 Å². The summed E-state index contributed by atoms with van der Waals surface area (Å²) in [5, 5.41) is 13.4. The van der Waals surface area contributed by atoms with Crippen LogP contribution in [0.1, 0.15) is 32.2 Å². The number of aromatic nitrogens is 2. The van der Waals surface area contributed by atoms with Gasteiger partial charge in [-0.2, -0.15) is 5.10 Å². The number of aliphatic carboxylic acids is 1. The largest absolute Gasteiger partial charge is 0.480 e. The van der Waals surface area contributed by atoms with Crippen LogP contribution in [0.2, 0.25) is 18.1 Å². The molecule has 0 aliphatic carbocycles. The minimum Gasteiger partial charge on any atom is -0.480 e. The third-order valence-electron chi connectivity index (χ3n) is 3.81. The third-order valence-corrected chi connectivity index (χ3v) is 9.70. The van der Waals surface area contributed by atoms with Crippen LogP contribution in [0.4, 0.5) is 0 Å². The highest BCUT2D eigenvalue weighted by molar-refractivity contribution is 14.1. The van der Waals surface area contributed by atoms with Gasteiger partial charge in [-0.05, 0) is 47.6 Å². The molecule has 0 spiro atoms. The van der Waals surface area contributed by atoms with E-state index in [1.807, 2.05) is 6.92 Å². The average Bonchev–Trinajstić information content (AvgIpc) is 2.50. The second-order valence-electron chi connectivity index (χ2n) is 6.45. The van der Waals surface area contributed by atoms with E-state index in [1.165, 1.54) is 4.68 Å². The van der Waals surface area contributed by atoms with E-state index in [4.69, 9.17) is 9.53 Å². The predicted octanol–water partition coefficient (Wildman–Crippen LogP) is 3.40. The molecular formula is C13H23IN2O3Si. The quantitative estimate of drug-likeness (QED) is 0.597. The fraction of sp³-hybridized carbons (Fsp3) is 0.692. The van der Waals surface area contributed by atoms with Crippen LogP contribution in [0, 0.1) is 10.5 Å². The van der Waals surface area contributed by atoms with Crippen LogP contribution in [-0.4, -0.2) is 29.2 Å². The third kappa shape index (κ3) is 4.04. The van der Waals surface area contributed by atoms with Gasteiger partial charge in [0.1, 0.15) is 6.54 Å². The normalized spacial score (nSPS) is 12.8. The summed E-state index contributed by atoms with van der Waals surface area (Å²) >= 11 is 2.20. The van der Waals surface area contributed by atoms with Crippen LogP contribution in [0.5, 0.6) is 0 Å². The molecule has 0 aromatic carbocycles. The highest BCUT2D eigenvalue weighted by atomic mass is 127. The molecule has 5 nitrogen and oxygen atoms in total. The average molecular weight is 410 g/mol. The Morgan fingerprint density at radius 1 is 1.45 bits per heavy atom. The van der Waals surface area contributed by atoms with Crippen molar-refractivity contribution in [1.29, 1.82) is 0 Å². The zero-order valence-corrected chi connectivity index (χ0v) is 16.1. The van der Waals surface area contributed by atoms with Gasteiger partial charge < -0.3 is 9.53 Å².